The molecule has 1 aromatic heterocycles. The van der Waals surface area contributed by atoms with E-state index in [1.807, 2.05) is 35.5 Å². The Morgan fingerprint density at radius 2 is 2.00 bits per heavy atom. The van der Waals surface area contributed by atoms with Crippen LogP contribution in [0.1, 0.15) is 40.5 Å². The number of carbonyl (C=O) groups excluding carboxylic acids is 1. The molecule has 0 saturated carbocycles. The van der Waals surface area contributed by atoms with E-state index in [4.69, 9.17) is 0 Å². The number of piperidine rings is 1. The Bertz CT molecular complexity index is 920. The van der Waals surface area contributed by atoms with Crippen LogP contribution >= 0.6 is 0 Å². The molecule has 1 fully saturated rings. The summed E-state index contributed by atoms with van der Waals surface area (Å²) in [6, 6.07) is 16.9. The predicted octanol–water partition coefficient (Wildman–Crippen LogP) is 3.66. The van der Waals surface area contributed by atoms with Gasteiger partial charge in [0, 0.05) is 43.5 Å². The molecule has 1 saturated heterocycles. The van der Waals surface area contributed by atoms with Gasteiger partial charge in [-0.15, -0.1) is 0 Å². The lowest BCUT2D eigenvalue weighted by molar-refractivity contribution is 0.0703. The number of nitrogens with zero attached hydrogens (tertiary/aromatic N) is 3. The number of aromatic nitrogens is 2. The van der Waals surface area contributed by atoms with Gasteiger partial charge in [0.05, 0.1) is 0 Å². The lowest BCUT2D eigenvalue weighted by Gasteiger charge is -2.32. The zero-order valence-corrected chi connectivity index (χ0v) is 15.2. The molecular weight excluding hydrogens is 338 g/mol. The number of hydrogen-bond donors (Lipinski definition) is 1. The molecule has 0 spiro atoms. The summed E-state index contributed by atoms with van der Waals surface area (Å²) in [5, 5.41) is 9.66. The minimum absolute atomic E-state index is 0.0308. The molecule has 1 amide bonds. The van der Waals surface area contributed by atoms with E-state index in [1.165, 1.54) is 11.6 Å². The van der Waals surface area contributed by atoms with Crippen molar-refractivity contribution in [2.24, 2.45) is 0 Å². The van der Waals surface area contributed by atoms with Crippen LogP contribution in [0, 0.1) is 0 Å². The van der Waals surface area contributed by atoms with E-state index in [0.717, 1.165) is 31.8 Å². The van der Waals surface area contributed by atoms with Gasteiger partial charge < -0.3 is 14.6 Å². The summed E-state index contributed by atoms with van der Waals surface area (Å²) in [7, 11) is 0. The molecule has 1 atom stereocenters. The molecule has 1 aliphatic heterocycles. The van der Waals surface area contributed by atoms with Crippen LogP contribution in [0.3, 0.4) is 0 Å². The number of imidazole rings is 1. The van der Waals surface area contributed by atoms with Gasteiger partial charge in [-0.25, -0.2) is 4.98 Å². The summed E-state index contributed by atoms with van der Waals surface area (Å²) in [6.45, 7) is 2.18. The van der Waals surface area contributed by atoms with Crippen molar-refractivity contribution in [2.75, 3.05) is 13.1 Å². The van der Waals surface area contributed by atoms with Gasteiger partial charge in [-0.05, 0) is 36.6 Å². The van der Waals surface area contributed by atoms with Gasteiger partial charge in [0.15, 0.2) is 0 Å². The topological polar surface area (TPSA) is 58.4 Å². The Kier molecular flexibility index (Phi) is 4.92. The second-order valence-corrected chi connectivity index (χ2v) is 7.04. The molecule has 1 N–H and O–H groups in total. The summed E-state index contributed by atoms with van der Waals surface area (Å²) in [5.74, 6) is 1.34. The van der Waals surface area contributed by atoms with Gasteiger partial charge in [0.2, 0.25) is 0 Å². The molecule has 0 aliphatic carbocycles. The smallest absolute Gasteiger partial charge is 0.254 e. The molecule has 27 heavy (non-hydrogen) atoms. The minimum atomic E-state index is -0.0308. The van der Waals surface area contributed by atoms with E-state index in [-0.39, 0.29) is 17.6 Å². The van der Waals surface area contributed by atoms with Crippen LogP contribution in [-0.4, -0.2) is 38.6 Å². The number of phenols is 1. The van der Waals surface area contributed by atoms with Crippen LogP contribution in [-0.2, 0) is 6.54 Å². The number of likely N-dealkylation sites (tertiary alicyclic amines) is 1. The summed E-state index contributed by atoms with van der Waals surface area (Å²) >= 11 is 0. The molecule has 4 rings (SSSR count). The number of carbonyl (C=O) groups is 1. The fraction of sp³-hybridized carbons (Fsp3) is 0.273. The van der Waals surface area contributed by atoms with E-state index in [1.54, 1.807) is 18.2 Å². The fourth-order valence-corrected chi connectivity index (χ4v) is 3.79. The van der Waals surface area contributed by atoms with Crippen LogP contribution in [0.2, 0.25) is 0 Å². The second kappa shape index (κ2) is 7.66. The summed E-state index contributed by atoms with van der Waals surface area (Å²) in [5.41, 5.74) is 1.77. The van der Waals surface area contributed by atoms with E-state index in [0.29, 0.717) is 12.1 Å². The average molecular weight is 361 g/mol. The quantitative estimate of drug-likeness (QED) is 0.772. The van der Waals surface area contributed by atoms with Crippen LogP contribution in [0.25, 0.3) is 0 Å². The van der Waals surface area contributed by atoms with Crippen molar-refractivity contribution in [1.29, 1.82) is 0 Å². The summed E-state index contributed by atoms with van der Waals surface area (Å²) < 4.78 is 2.18. The lowest BCUT2D eigenvalue weighted by Crippen LogP contribution is -2.39. The van der Waals surface area contributed by atoms with Crippen LogP contribution < -0.4 is 0 Å². The average Bonchev–Trinajstić information content (AvgIpc) is 3.16. The summed E-state index contributed by atoms with van der Waals surface area (Å²) in [4.78, 5) is 19.3. The number of benzene rings is 2. The third-order valence-electron chi connectivity index (χ3n) is 5.11. The standard InChI is InChI=1S/C22H23N3O2/c26-20-10-4-8-18(14-20)22(27)25-12-5-9-19(16-25)21-23-11-13-24(21)15-17-6-2-1-3-7-17/h1-4,6-8,10-11,13-14,19,26H,5,9,12,15-16H2. The van der Waals surface area contributed by atoms with Crippen molar-refractivity contribution in [2.45, 2.75) is 25.3 Å². The Labute approximate surface area is 158 Å². The highest BCUT2D eigenvalue weighted by molar-refractivity contribution is 5.94. The van der Waals surface area contributed by atoms with Gasteiger partial charge in [0.25, 0.3) is 5.91 Å². The second-order valence-electron chi connectivity index (χ2n) is 7.04. The first-order valence-corrected chi connectivity index (χ1v) is 9.34. The Hall–Kier alpha value is -3.08. The predicted molar refractivity (Wildman–Crippen MR) is 104 cm³/mol. The SMILES string of the molecule is O=C(c1cccc(O)c1)N1CCCC(c2nccn2Cc2ccccc2)C1. The van der Waals surface area contributed by atoms with Crippen molar-refractivity contribution in [1.82, 2.24) is 14.5 Å². The van der Waals surface area contributed by atoms with Crippen molar-refractivity contribution in [3.63, 3.8) is 0 Å². The molecule has 3 aromatic rings. The van der Waals surface area contributed by atoms with Crippen molar-refractivity contribution in [3.8, 4) is 5.75 Å². The third-order valence-corrected chi connectivity index (χ3v) is 5.11. The van der Waals surface area contributed by atoms with Crippen LogP contribution in [0.4, 0.5) is 0 Å². The van der Waals surface area contributed by atoms with Crippen molar-refractivity contribution in [3.05, 3.63) is 83.9 Å². The Morgan fingerprint density at radius 3 is 2.81 bits per heavy atom. The first-order chi connectivity index (χ1) is 13.2. The monoisotopic (exact) mass is 361 g/mol. The van der Waals surface area contributed by atoms with Gasteiger partial charge in [-0.1, -0.05) is 36.4 Å². The van der Waals surface area contributed by atoms with Gasteiger partial charge in [0.1, 0.15) is 11.6 Å². The van der Waals surface area contributed by atoms with E-state index in [2.05, 4.69) is 21.7 Å². The van der Waals surface area contributed by atoms with Gasteiger partial charge >= 0.3 is 0 Å². The molecule has 2 aromatic carbocycles. The highest BCUT2D eigenvalue weighted by atomic mass is 16.3. The van der Waals surface area contributed by atoms with Gasteiger partial charge in [-0.3, -0.25) is 4.79 Å². The number of amides is 1. The zero-order chi connectivity index (χ0) is 18.6. The molecule has 1 aliphatic rings. The first kappa shape index (κ1) is 17.3. The maximum Gasteiger partial charge on any atom is 0.254 e. The molecule has 0 bridgehead atoms. The van der Waals surface area contributed by atoms with Crippen LogP contribution in [0.15, 0.2) is 67.0 Å². The molecule has 5 heteroatoms. The van der Waals surface area contributed by atoms with Crippen molar-refractivity contribution < 1.29 is 9.90 Å². The number of phenolic OH excluding ortho intramolecular Hbond substituents is 1. The van der Waals surface area contributed by atoms with Crippen LogP contribution in [0.5, 0.6) is 5.75 Å². The Balaban J connectivity index is 1.51. The highest BCUT2D eigenvalue weighted by Gasteiger charge is 2.28. The molecule has 1 unspecified atom stereocenters. The van der Waals surface area contributed by atoms with E-state index in [9.17, 15) is 9.90 Å². The van der Waals surface area contributed by atoms with E-state index >= 15 is 0 Å². The maximum absolute atomic E-state index is 12.8. The molecular formula is C22H23N3O2. The maximum atomic E-state index is 12.8. The minimum Gasteiger partial charge on any atom is -0.508 e. The van der Waals surface area contributed by atoms with Gasteiger partial charge in [-0.2, -0.15) is 0 Å². The first-order valence-electron chi connectivity index (χ1n) is 9.34. The normalized spacial score (nSPS) is 17.0. The lowest BCUT2D eigenvalue weighted by atomic mass is 9.96. The molecule has 2 heterocycles. The van der Waals surface area contributed by atoms with Crippen molar-refractivity contribution >= 4 is 5.91 Å². The number of rotatable bonds is 4. The fourth-order valence-electron chi connectivity index (χ4n) is 3.79. The molecule has 138 valence electrons. The summed E-state index contributed by atoms with van der Waals surface area (Å²) in [6.07, 6.45) is 5.83. The largest absolute Gasteiger partial charge is 0.508 e. The molecule has 5 nitrogen and oxygen atoms in total. The number of hydrogen-bond acceptors (Lipinski definition) is 3. The number of aromatic hydroxyl groups is 1. The molecule has 0 radical (unpaired) electrons. The Morgan fingerprint density at radius 1 is 1.15 bits per heavy atom. The third kappa shape index (κ3) is 3.87. The highest BCUT2D eigenvalue weighted by Crippen LogP contribution is 2.27. The zero-order valence-electron chi connectivity index (χ0n) is 15.2. The van der Waals surface area contributed by atoms with E-state index < -0.39 is 0 Å².